The van der Waals surface area contributed by atoms with Crippen molar-refractivity contribution in [1.82, 2.24) is 4.98 Å². The topological polar surface area (TPSA) is 24.9 Å². The number of nitrogens with zero attached hydrogens (tertiary/aromatic N) is 1. The van der Waals surface area contributed by atoms with E-state index in [2.05, 4.69) is 17.2 Å². The molecule has 0 unspecified atom stereocenters. The lowest BCUT2D eigenvalue weighted by Gasteiger charge is -2.10. The molecule has 0 saturated heterocycles. The molecule has 0 aliphatic carbocycles. The molecule has 2 aromatic rings. The molecule has 0 radical (unpaired) electrons. The minimum absolute atomic E-state index is 0.519. The Morgan fingerprint density at radius 1 is 1.31 bits per heavy atom. The molecule has 1 N–H and O–H groups in total. The summed E-state index contributed by atoms with van der Waals surface area (Å²) in [6.45, 7) is 2.06. The molecule has 1 aromatic carbocycles. The summed E-state index contributed by atoms with van der Waals surface area (Å²) in [4.78, 5) is 4.51. The van der Waals surface area contributed by atoms with Gasteiger partial charge in [0.15, 0.2) is 0 Å². The van der Waals surface area contributed by atoms with E-state index in [-0.39, 0.29) is 0 Å². The van der Waals surface area contributed by atoms with Gasteiger partial charge in [-0.1, -0.05) is 30.1 Å². The second-order valence-electron chi connectivity index (χ2n) is 3.52. The zero-order chi connectivity index (χ0) is 11.7. The zero-order valence-electron chi connectivity index (χ0n) is 9.14. The number of aromatic nitrogens is 1. The Labute approximate surface area is 105 Å². The Morgan fingerprint density at radius 2 is 2.06 bits per heavy atom. The van der Waals surface area contributed by atoms with Crippen LogP contribution in [0.15, 0.2) is 18.2 Å². The van der Waals surface area contributed by atoms with Crippen LogP contribution in [0.2, 0.25) is 10.0 Å². The van der Waals surface area contributed by atoms with Crippen molar-refractivity contribution in [3.63, 3.8) is 0 Å². The largest absolute Gasteiger partial charge is 0.388 e. The fraction of sp³-hybridized carbons (Fsp3) is 0.250. The Kier molecular flexibility index (Phi) is 3.22. The normalized spacial score (nSPS) is 10.8. The molecule has 0 aliphatic rings. The lowest BCUT2D eigenvalue weighted by atomic mass is 10.1. The van der Waals surface area contributed by atoms with Crippen LogP contribution in [0.4, 0.5) is 5.69 Å². The maximum atomic E-state index is 6.16. The molecule has 16 heavy (non-hydrogen) atoms. The van der Waals surface area contributed by atoms with E-state index in [1.54, 1.807) is 6.07 Å². The minimum Gasteiger partial charge on any atom is -0.388 e. The van der Waals surface area contributed by atoms with Crippen molar-refractivity contribution >= 4 is 39.8 Å². The van der Waals surface area contributed by atoms with E-state index in [1.165, 1.54) is 0 Å². The van der Waals surface area contributed by atoms with Crippen LogP contribution in [0.3, 0.4) is 0 Å². The highest BCUT2D eigenvalue weighted by Crippen LogP contribution is 2.33. The van der Waals surface area contributed by atoms with Crippen molar-refractivity contribution in [1.29, 1.82) is 0 Å². The molecule has 0 saturated carbocycles. The molecular weight excluding hydrogens is 243 g/mol. The molecule has 0 bridgehead atoms. The van der Waals surface area contributed by atoms with Gasteiger partial charge in [0.05, 0.1) is 15.6 Å². The highest BCUT2D eigenvalue weighted by atomic mass is 35.5. The van der Waals surface area contributed by atoms with Gasteiger partial charge in [-0.25, -0.2) is 0 Å². The predicted octanol–water partition coefficient (Wildman–Crippen LogP) is 4.15. The molecule has 2 nitrogen and oxygen atoms in total. The molecular formula is C12H12Cl2N2. The van der Waals surface area contributed by atoms with Crippen LogP contribution in [0.5, 0.6) is 0 Å². The third-order valence-electron chi connectivity index (χ3n) is 2.56. The number of nitrogens with one attached hydrogen (secondary N) is 1. The van der Waals surface area contributed by atoms with E-state index in [1.807, 2.05) is 19.2 Å². The fourth-order valence-corrected chi connectivity index (χ4v) is 2.03. The van der Waals surface area contributed by atoms with E-state index in [9.17, 15) is 0 Å². The summed E-state index contributed by atoms with van der Waals surface area (Å²) in [6.07, 6.45) is 0.869. The third-order valence-corrected chi connectivity index (χ3v) is 3.35. The van der Waals surface area contributed by atoms with Crippen molar-refractivity contribution in [3.05, 3.63) is 33.9 Å². The monoisotopic (exact) mass is 254 g/mol. The van der Waals surface area contributed by atoms with Crippen LogP contribution in [0.25, 0.3) is 10.9 Å². The van der Waals surface area contributed by atoms with Crippen molar-refractivity contribution < 1.29 is 0 Å². The van der Waals surface area contributed by atoms with Crippen molar-refractivity contribution in [2.75, 3.05) is 12.4 Å². The van der Waals surface area contributed by atoms with E-state index < -0.39 is 0 Å². The van der Waals surface area contributed by atoms with Crippen LogP contribution < -0.4 is 5.32 Å². The quantitative estimate of drug-likeness (QED) is 0.872. The summed E-state index contributed by atoms with van der Waals surface area (Å²) in [6, 6.07) is 5.76. The number of halogens is 2. The van der Waals surface area contributed by atoms with Gasteiger partial charge in [0, 0.05) is 23.8 Å². The summed E-state index contributed by atoms with van der Waals surface area (Å²) >= 11 is 12.1. The maximum absolute atomic E-state index is 6.16. The standard InChI is InChI=1S/C12H12Cl2N2/c1-3-7-6-10(15-2)8-4-5-9(13)11(14)12(8)16-7/h4-6H,3H2,1-2H3,(H,15,16). The van der Waals surface area contributed by atoms with Crippen LogP contribution >= 0.6 is 23.2 Å². The SMILES string of the molecule is CCc1cc(NC)c2ccc(Cl)c(Cl)c2n1. The maximum Gasteiger partial charge on any atom is 0.0927 e. The van der Waals surface area contributed by atoms with Crippen molar-refractivity contribution in [2.24, 2.45) is 0 Å². The molecule has 1 aromatic heterocycles. The van der Waals surface area contributed by atoms with Gasteiger partial charge in [-0.15, -0.1) is 0 Å². The average Bonchev–Trinajstić information content (AvgIpc) is 2.32. The van der Waals surface area contributed by atoms with E-state index in [0.717, 1.165) is 28.7 Å². The number of pyridine rings is 1. The lowest BCUT2D eigenvalue weighted by Crippen LogP contribution is -1.96. The Hall–Kier alpha value is -0.990. The van der Waals surface area contributed by atoms with Crippen LogP contribution in [-0.2, 0) is 6.42 Å². The summed E-state index contributed by atoms with van der Waals surface area (Å²) < 4.78 is 0. The molecule has 0 aliphatic heterocycles. The predicted molar refractivity (Wildman–Crippen MR) is 70.7 cm³/mol. The smallest absolute Gasteiger partial charge is 0.0927 e. The van der Waals surface area contributed by atoms with Gasteiger partial charge in [0.1, 0.15) is 0 Å². The van der Waals surface area contributed by atoms with Gasteiger partial charge in [0.2, 0.25) is 0 Å². The Bertz CT molecular complexity index is 538. The molecule has 4 heteroatoms. The second kappa shape index (κ2) is 4.48. The first-order valence-corrected chi connectivity index (χ1v) is 5.88. The fourth-order valence-electron chi connectivity index (χ4n) is 1.67. The first-order valence-electron chi connectivity index (χ1n) is 5.12. The first-order chi connectivity index (χ1) is 7.67. The van der Waals surface area contributed by atoms with Gasteiger partial charge in [0.25, 0.3) is 0 Å². The third kappa shape index (κ3) is 1.83. The van der Waals surface area contributed by atoms with Crippen molar-refractivity contribution in [2.45, 2.75) is 13.3 Å². The molecule has 84 valence electrons. The second-order valence-corrected chi connectivity index (χ2v) is 4.31. The molecule has 2 rings (SSSR count). The minimum atomic E-state index is 0.519. The average molecular weight is 255 g/mol. The number of anilines is 1. The van der Waals surface area contributed by atoms with E-state index >= 15 is 0 Å². The molecule has 0 atom stereocenters. The van der Waals surface area contributed by atoms with Gasteiger partial charge in [-0.3, -0.25) is 4.98 Å². The Morgan fingerprint density at radius 3 is 2.69 bits per heavy atom. The summed E-state index contributed by atoms with van der Waals surface area (Å²) in [5, 5.41) is 5.20. The number of fused-ring (bicyclic) bond motifs is 1. The van der Waals surface area contributed by atoms with Gasteiger partial charge in [-0.05, 0) is 24.6 Å². The Balaban J connectivity index is 2.84. The van der Waals surface area contributed by atoms with Gasteiger partial charge >= 0.3 is 0 Å². The first kappa shape index (κ1) is 11.5. The highest BCUT2D eigenvalue weighted by Gasteiger charge is 2.09. The van der Waals surface area contributed by atoms with E-state index in [0.29, 0.717) is 10.0 Å². The van der Waals surface area contributed by atoms with Crippen molar-refractivity contribution in [3.8, 4) is 0 Å². The number of hydrogen-bond acceptors (Lipinski definition) is 2. The molecule has 0 amide bonds. The van der Waals surface area contributed by atoms with Crippen LogP contribution in [-0.4, -0.2) is 12.0 Å². The van der Waals surface area contributed by atoms with Crippen LogP contribution in [0, 0.1) is 0 Å². The zero-order valence-corrected chi connectivity index (χ0v) is 10.7. The van der Waals surface area contributed by atoms with E-state index in [4.69, 9.17) is 23.2 Å². The molecule has 1 heterocycles. The number of aryl methyl sites for hydroxylation is 1. The highest BCUT2D eigenvalue weighted by molar-refractivity contribution is 6.45. The van der Waals surface area contributed by atoms with Gasteiger partial charge in [-0.2, -0.15) is 0 Å². The summed E-state index contributed by atoms with van der Waals surface area (Å²) in [5.74, 6) is 0. The molecule has 0 spiro atoms. The summed E-state index contributed by atoms with van der Waals surface area (Å²) in [7, 11) is 1.89. The number of benzene rings is 1. The number of rotatable bonds is 2. The number of hydrogen-bond donors (Lipinski definition) is 1. The van der Waals surface area contributed by atoms with Crippen LogP contribution in [0.1, 0.15) is 12.6 Å². The summed E-state index contributed by atoms with van der Waals surface area (Å²) in [5.41, 5.74) is 2.79. The lowest BCUT2D eigenvalue weighted by molar-refractivity contribution is 1.06. The molecule has 0 fully saturated rings. The van der Waals surface area contributed by atoms with Gasteiger partial charge < -0.3 is 5.32 Å².